The number of hydrogen-bond acceptors (Lipinski definition) is 6. The second-order valence-electron chi connectivity index (χ2n) is 5.99. The van der Waals surface area contributed by atoms with Crippen LogP contribution in [0, 0.1) is 0 Å². The molecule has 0 bridgehead atoms. The molecule has 2 rings (SSSR count). The summed E-state index contributed by atoms with van der Waals surface area (Å²) in [6.45, 7) is 3.52. The predicted octanol–water partition coefficient (Wildman–Crippen LogP) is 0.0896. The van der Waals surface area contributed by atoms with Crippen molar-refractivity contribution in [1.82, 2.24) is 19.9 Å². The molecule has 7 nitrogen and oxygen atoms in total. The van der Waals surface area contributed by atoms with Crippen LogP contribution in [-0.4, -0.2) is 70.3 Å². The summed E-state index contributed by atoms with van der Waals surface area (Å²) in [5, 5.41) is 14.2. The highest BCUT2D eigenvalue weighted by molar-refractivity contribution is 5.76. The largest absolute Gasteiger partial charge is 0.387 e. The maximum Gasteiger partial charge on any atom is 0.227 e. The molecule has 0 aromatic carbocycles. The van der Waals surface area contributed by atoms with Gasteiger partial charge in [0.25, 0.3) is 0 Å². The van der Waals surface area contributed by atoms with Crippen molar-refractivity contribution in [3.8, 4) is 0 Å². The Hall–Kier alpha value is -1.47. The van der Waals surface area contributed by atoms with E-state index < -0.39 is 5.60 Å². The lowest BCUT2D eigenvalue weighted by molar-refractivity contribution is -0.131. The van der Waals surface area contributed by atoms with Crippen LogP contribution in [-0.2, 0) is 17.6 Å². The number of β-amino-alcohol motifs (C(OH)–C–C–N with tert-alkyl or cyclic N) is 1. The first-order chi connectivity index (χ1) is 9.92. The van der Waals surface area contributed by atoms with Crippen LogP contribution in [0.5, 0.6) is 0 Å². The lowest BCUT2D eigenvalue weighted by atomic mass is 10.0. The second-order valence-corrected chi connectivity index (χ2v) is 5.99. The molecule has 0 radical (unpaired) electrons. The molecule has 1 aromatic heterocycles. The molecule has 2 heterocycles. The molecule has 1 aliphatic heterocycles. The van der Waals surface area contributed by atoms with E-state index >= 15 is 0 Å². The first kappa shape index (κ1) is 15.9. The van der Waals surface area contributed by atoms with Crippen LogP contribution in [0.3, 0.4) is 0 Å². The summed E-state index contributed by atoms with van der Waals surface area (Å²) in [4.78, 5) is 20.0. The Kier molecular flexibility index (Phi) is 4.95. The quantitative estimate of drug-likeness (QED) is 0.801. The van der Waals surface area contributed by atoms with Gasteiger partial charge in [-0.2, -0.15) is 4.98 Å². The van der Waals surface area contributed by atoms with E-state index in [0.29, 0.717) is 50.6 Å². The molecule has 0 aliphatic carbocycles. The number of rotatable bonds is 6. The van der Waals surface area contributed by atoms with E-state index in [1.807, 2.05) is 25.9 Å². The van der Waals surface area contributed by atoms with Gasteiger partial charge in [-0.05, 0) is 20.5 Å². The summed E-state index contributed by atoms with van der Waals surface area (Å²) < 4.78 is 5.07. The zero-order chi connectivity index (χ0) is 15.5. The first-order valence-corrected chi connectivity index (χ1v) is 7.38. The molecule has 118 valence electrons. The van der Waals surface area contributed by atoms with E-state index in [0.717, 1.165) is 6.42 Å². The van der Waals surface area contributed by atoms with Gasteiger partial charge >= 0.3 is 0 Å². The SMILES string of the molecule is CCc1noc(CCC(=O)N2CC[C@](O)(CN(C)C)C2)n1. The summed E-state index contributed by atoms with van der Waals surface area (Å²) >= 11 is 0. The second kappa shape index (κ2) is 6.53. The fourth-order valence-corrected chi connectivity index (χ4v) is 2.69. The smallest absolute Gasteiger partial charge is 0.227 e. The Balaban J connectivity index is 1.81. The molecule has 0 spiro atoms. The minimum absolute atomic E-state index is 0.0286. The topological polar surface area (TPSA) is 82.7 Å². The van der Waals surface area contributed by atoms with Crippen molar-refractivity contribution in [2.45, 2.75) is 38.2 Å². The van der Waals surface area contributed by atoms with Crippen LogP contribution in [0.15, 0.2) is 4.52 Å². The molecule has 1 saturated heterocycles. The van der Waals surface area contributed by atoms with E-state index in [9.17, 15) is 9.90 Å². The third-order valence-corrected chi connectivity index (χ3v) is 3.67. The van der Waals surface area contributed by atoms with Gasteiger partial charge in [-0.25, -0.2) is 0 Å². The van der Waals surface area contributed by atoms with E-state index in [1.165, 1.54) is 0 Å². The minimum Gasteiger partial charge on any atom is -0.387 e. The highest BCUT2D eigenvalue weighted by Crippen LogP contribution is 2.22. The Morgan fingerprint density at radius 3 is 2.90 bits per heavy atom. The fourth-order valence-electron chi connectivity index (χ4n) is 2.69. The number of likely N-dealkylation sites (tertiary alicyclic amines) is 1. The summed E-state index contributed by atoms with van der Waals surface area (Å²) in [5.41, 5.74) is -0.793. The number of hydrogen-bond donors (Lipinski definition) is 1. The number of likely N-dealkylation sites (N-methyl/N-ethyl adjacent to an activating group) is 1. The molecule has 1 amide bonds. The van der Waals surface area contributed by atoms with Crippen LogP contribution in [0.2, 0.25) is 0 Å². The maximum atomic E-state index is 12.2. The van der Waals surface area contributed by atoms with Crippen molar-refractivity contribution in [3.05, 3.63) is 11.7 Å². The van der Waals surface area contributed by atoms with Gasteiger partial charge < -0.3 is 19.4 Å². The molecule has 1 atom stereocenters. The zero-order valence-corrected chi connectivity index (χ0v) is 13.0. The first-order valence-electron chi connectivity index (χ1n) is 7.38. The third-order valence-electron chi connectivity index (χ3n) is 3.67. The molecular formula is C14H24N4O3. The maximum absolute atomic E-state index is 12.2. The lowest BCUT2D eigenvalue weighted by Gasteiger charge is -2.26. The van der Waals surface area contributed by atoms with Gasteiger partial charge in [0.05, 0.1) is 12.1 Å². The van der Waals surface area contributed by atoms with E-state index in [1.54, 1.807) is 4.90 Å². The number of carbonyl (C=O) groups is 1. The minimum atomic E-state index is -0.793. The molecule has 0 unspecified atom stereocenters. The molecule has 7 heteroatoms. The van der Waals surface area contributed by atoms with Crippen molar-refractivity contribution in [3.63, 3.8) is 0 Å². The molecule has 1 fully saturated rings. The number of amides is 1. The molecule has 1 aliphatic rings. The van der Waals surface area contributed by atoms with Gasteiger partial charge in [-0.1, -0.05) is 12.1 Å². The van der Waals surface area contributed by atoms with Gasteiger partial charge in [-0.15, -0.1) is 0 Å². The Labute approximate surface area is 124 Å². The Morgan fingerprint density at radius 1 is 1.52 bits per heavy atom. The van der Waals surface area contributed by atoms with Crippen LogP contribution in [0.1, 0.15) is 31.5 Å². The summed E-state index contributed by atoms with van der Waals surface area (Å²) in [6.07, 6.45) is 2.14. The lowest BCUT2D eigenvalue weighted by Crippen LogP contribution is -2.43. The monoisotopic (exact) mass is 296 g/mol. The molecule has 1 N–H and O–H groups in total. The predicted molar refractivity (Wildman–Crippen MR) is 76.7 cm³/mol. The van der Waals surface area contributed by atoms with Crippen molar-refractivity contribution in [1.29, 1.82) is 0 Å². The van der Waals surface area contributed by atoms with Gasteiger partial charge in [0.15, 0.2) is 5.82 Å². The third kappa shape index (κ3) is 4.25. The molecular weight excluding hydrogens is 272 g/mol. The highest BCUT2D eigenvalue weighted by Gasteiger charge is 2.38. The summed E-state index contributed by atoms with van der Waals surface area (Å²) in [6, 6.07) is 0. The van der Waals surface area contributed by atoms with Crippen LogP contribution in [0.4, 0.5) is 0 Å². The van der Waals surface area contributed by atoms with Crippen LogP contribution < -0.4 is 0 Å². The molecule has 0 saturated carbocycles. The normalized spacial score (nSPS) is 22.2. The highest BCUT2D eigenvalue weighted by atomic mass is 16.5. The fraction of sp³-hybridized carbons (Fsp3) is 0.786. The average molecular weight is 296 g/mol. The number of aryl methyl sites for hydroxylation is 2. The van der Waals surface area contributed by atoms with Crippen molar-refractivity contribution < 1.29 is 14.4 Å². The Morgan fingerprint density at radius 2 is 2.29 bits per heavy atom. The zero-order valence-electron chi connectivity index (χ0n) is 13.0. The molecule has 1 aromatic rings. The van der Waals surface area contributed by atoms with Gasteiger partial charge in [0, 0.05) is 32.4 Å². The van der Waals surface area contributed by atoms with Crippen LogP contribution >= 0.6 is 0 Å². The summed E-state index contributed by atoms with van der Waals surface area (Å²) in [7, 11) is 3.84. The van der Waals surface area contributed by atoms with E-state index in [4.69, 9.17) is 4.52 Å². The summed E-state index contributed by atoms with van der Waals surface area (Å²) in [5.74, 6) is 1.20. The average Bonchev–Trinajstić information content (AvgIpc) is 3.02. The number of carbonyl (C=O) groups excluding carboxylic acids is 1. The van der Waals surface area contributed by atoms with Gasteiger partial charge in [0.1, 0.15) is 0 Å². The number of aliphatic hydroxyl groups is 1. The van der Waals surface area contributed by atoms with Crippen LogP contribution in [0.25, 0.3) is 0 Å². The number of aromatic nitrogens is 2. The van der Waals surface area contributed by atoms with E-state index in [-0.39, 0.29) is 5.91 Å². The van der Waals surface area contributed by atoms with Crippen molar-refractivity contribution in [2.75, 3.05) is 33.7 Å². The molecule has 21 heavy (non-hydrogen) atoms. The van der Waals surface area contributed by atoms with E-state index in [2.05, 4.69) is 10.1 Å². The van der Waals surface area contributed by atoms with Crippen molar-refractivity contribution >= 4 is 5.91 Å². The standard InChI is InChI=1S/C14H24N4O3/c1-4-11-15-12(21-16-11)5-6-13(19)18-8-7-14(20,10-18)9-17(2)3/h20H,4-10H2,1-3H3/t14-/m0/s1. The Bertz CT molecular complexity index is 488. The van der Waals surface area contributed by atoms with Crippen molar-refractivity contribution in [2.24, 2.45) is 0 Å². The number of nitrogens with zero attached hydrogens (tertiary/aromatic N) is 4. The van der Waals surface area contributed by atoms with Gasteiger partial charge in [0.2, 0.25) is 11.8 Å². The van der Waals surface area contributed by atoms with Gasteiger partial charge in [-0.3, -0.25) is 4.79 Å².